The average Bonchev–Trinajstić information content (AvgIpc) is 2.81. The number of hydrogen-bond donors (Lipinski definition) is 0. The van der Waals surface area contributed by atoms with Crippen molar-refractivity contribution in [1.29, 1.82) is 0 Å². The van der Waals surface area contributed by atoms with Gasteiger partial charge in [0.15, 0.2) is 0 Å². The van der Waals surface area contributed by atoms with Crippen LogP contribution in [0.15, 0.2) is 97.3 Å². The number of aromatic nitrogens is 2. The van der Waals surface area contributed by atoms with Crippen molar-refractivity contribution in [2.24, 2.45) is 0 Å². The molecule has 0 atom stereocenters. The highest BCUT2D eigenvalue weighted by molar-refractivity contribution is 5.86. The molecule has 2 heterocycles. The Morgan fingerprint density at radius 2 is 0.833 bits per heavy atom. The molecular weight excluding hydrogens is 364 g/mol. The summed E-state index contributed by atoms with van der Waals surface area (Å²) >= 11 is 0. The minimum atomic E-state index is 0.948. The van der Waals surface area contributed by atoms with E-state index in [-0.39, 0.29) is 0 Å². The van der Waals surface area contributed by atoms with E-state index in [2.05, 4.69) is 107 Å². The van der Waals surface area contributed by atoms with Crippen LogP contribution in [0.4, 0.5) is 0 Å². The number of nitrogens with zero attached hydrogens (tertiary/aromatic N) is 2. The number of rotatable bonds is 4. The molecular formula is C28H20N2. The van der Waals surface area contributed by atoms with Crippen LogP contribution in [0.1, 0.15) is 22.5 Å². The molecule has 142 valence electrons. The van der Waals surface area contributed by atoms with Crippen molar-refractivity contribution in [2.45, 2.75) is 0 Å². The fraction of sp³-hybridized carbons (Fsp3) is 0. The lowest BCUT2D eigenvalue weighted by atomic mass is 10.0. The second-order valence-corrected chi connectivity index (χ2v) is 7.21. The summed E-state index contributed by atoms with van der Waals surface area (Å²) in [7, 11) is 0. The van der Waals surface area contributed by atoms with Gasteiger partial charge in [0.1, 0.15) is 0 Å². The van der Waals surface area contributed by atoms with Crippen molar-refractivity contribution in [3.05, 3.63) is 120 Å². The van der Waals surface area contributed by atoms with Crippen molar-refractivity contribution < 1.29 is 0 Å². The fourth-order valence-corrected chi connectivity index (χ4v) is 3.55. The van der Waals surface area contributed by atoms with Gasteiger partial charge in [-0.25, -0.2) is 0 Å². The zero-order valence-corrected chi connectivity index (χ0v) is 16.4. The van der Waals surface area contributed by atoms with Crippen molar-refractivity contribution in [2.75, 3.05) is 0 Å². The third-order valence-electron chi connectivity index (χ3n) is 5.17. The number of fused-ring (bicyclic) bond motifs is 2. The Bertz CT molecular complexity index is 1290. The van der Waals surface area contributed by atoms with Gasteiger partial charge < -0.3 is 0 Å². The molecule has 0 aliphatic rings. The van der Waals surface area contributed by atoms with Gasteiger partial charge in [0.05, 0.1) is 11.4 Å². The maximum absolute atomic E-state index is 4.56. The molecule has 0 bridgehead atoms. The molecule has 0 spiro atoms. The Labute approximate surface area is 175 Å². The molecule has 0 N–H and O–H groups in total. The summed E-state index contributed by atoms with van der Waals surface area (Å²) in [5, 5.41) is 4.70. The average molecular weight is 384 g/mol. The molecule has 0 aliphatic heterocycles. The van der Waals surface area contributed by atoms with Crippen molar-refractivity contribution in [1.82, 2.24) is 9.97 Å². The third-order valence-corrected chi connectivity index (χ3v) is 5.17. The Balaban J connectivity index is 1.42. The fourth-order valence-electron chi connectivity index (χ4n) is 3.55. The van der Waals surface area contributed by atoms with Gasteiger partial charge in [-0.05, 0) is 46.2 Å². The molecule has 0 aliphatic carbocycles. The van der Waals surface area contributed by atoms with Crippen LogP contribution in [0.2, 0.25) is 0 Å². The normalized spacial score (nSPS) is 11.7. The molecule has 30 heavy (non-hydrogen) atoms. The first-order valence-electron chi connectivity index (χ1n) is 10.00. The lowest BCUT2D eigenvalue weighted by molar-refractivity contribution is 1.33. The summed E-state index contributed by atoms with van der Waals surface area (Å²) in [5.74, 6) is 0. The van der Waals surface area contributed by atoms with Gasteiger partial charge in [-0.3, -0.25) is 9.97 Å². The van der Waals surface area contributed by atoms with Crippen LogP contribution in [0.3, 0.4) is 0 Å². The monoisotopic (exact) mass is 384 g/mol. The standard InChI is InChI=1S/C28H20N2/c1-2-8-22(14-16-28-18-24-10-4-6-12-26(24)20-30-28)21(7-1)13-15-27-17-23-9-3-5-11-25(23)19-29-27/h1-20H. The van der Waals surface area contributed by atoms with Gasteiger partial charge in [-0.1, -0.05) is 84.9 Å². The summed E-state index contributed by atoms with van der Waals surface area (Å²) in [4.78, 5) is 9.12. The highest BCUT2D eigenvalue weighted by atomic mass is 14.7. The Morgan fingerprint density at radius 3 is 1.30 bits per heavy atom. The maximum Gasteiger partial charge on any atom is 0.0636 e. The van der Waals surface area contributed by atoms with Gasteiger partial charge in [-0.15, -0.1) is 0 Å². The largest absolute Gasteiger partial charge is 0.256 e. The lowest BCUT2D eigenvalue weighted by Crippen LogP contribution is -1.84. The van der Waals surface area contributed by atoms with E-state index >= 15 is 0 Å². The first-order valence-corrected chi connectivity index (χ1v) is 10.00. The number of pyridine rings is 2. The molecule has 0 unspecified atom stereocenters. The molecule has 0 fully saturated rings. The molecule has 5 aromatic rings. The maximum atomic E-state index is 4.56. The molecule has 3 aromatic carbocycles. The van der Waals surface area contributed by atoms with Gasteiger partial charge in [0.2, 0.25) is 0 Å². The predicted octanol–water partition coefficient (Wildman–Crippen LogP) is 7.12. The van der Waals surface area contributed by atoms with E-state index in [0.717, 1.165) is 33.3 Å². The van der Waals surface area contributed by atoms with Crippen molar-refractivity contribution in [3.63, 3.8) is 0 Å². The van der Waals surface area contributed by atoms with Crippen LogP contribution in [0.5, 0.6) is 0 Å². The molecule has 0 amide bonds. The molecule has 2 nitrogen and oxygen atoms in total. The molecule has 0 saturated carbocycles. The van der Waals surface area contributed by atoms with E-state index in [1.807, 2.05) is 24.5 Å². The second kappa shape index (κ2) is 8.14. The van der Waals surface area contributed by atoms with Gasteiger partial charge >= 0.3 is 0 Å². The van der Waals surface area contributed by atoms with E-state index in [0.29, 0.717) is 0 Å². The van der Waals surface area contributed by atoms with E-state index in [1.54, 1.807) is 0 Å². The minimum absolute atomic E-state index is 0.948. The highest BCUT2D eigenvalue weighted by Crippen LogP contribution is 2.19. The summed E-state index contributed by atoms with van der Waals surface area (Å²) in [6, 6.07) is 29.1. The van der Waals surface area contributed by atoms with E-state index < -0.39 is 0 Å². The quantitative estimate of drug-likeness (QED) is 0.329. The smallest absolute Gasteiger partial charge is 0.0636 e. The minimum Gasteiger partial charge on any atom is -0.256 e. The van der Waals surface area contributed by atoms with Crippen molar-refractivity contribution in [3.8, 4) is 0 Å². The van der Waals surface area contributed by atoms with Crippen LogP contribution in [-0.4, -0.2) is 9.97 Å². The zero-order chi connectivity index (χ0) is 20.2. The first kappa shape index (κ1) is 18.0. The van der Waals surface area contributed by atoms with Crippen LogP contribution >= 0.6 is 0 Å². The summed E-state index contributed by atoms with van der Waals surface area (Å²) in [6.45, 7) is 0. The van der Waals surface area contributed by atoms with Crippen LogP contribution < -0.4 is 0 Å². The van der Waals surface area contributed by atoms with Gasteiger partial charge in [-0.2, -0.15) is 0 Å². The summed E-state index contributed by atoms with van der Waals surface area (Å²) in [6.07, 6.45) is 12.2. The predicted molar refractivity (Wildman–Crippen MR) is 128 cm³/mol. The second-order valence-electron chi connectivity index (χ2n) is 7.21. The third kappa shape index (κ3) is 3.89. The highest BCUT2D eigenvalue weighted by Gasteiger charge is 1.99. The lowest BCUT2D eigenvalue weighted by Gasteiger charge is -2.02. The molecule has 0 radical (unpaired) electrons. The van der Waals surface area contributed by atoms with E-state index in [9.17, 15) is 0 Å². The number of benzene rings is 3. The van der Waals surface area contributed by atoms with Crippen LogP contribution in [-0.2, 0) is 0 Å². The topological polar surface area (TPSA) is 25.8 Å². The Kier molecular flexibility index (Phi) is 4.89. The van der Waals surface area contributed by atoms with Gasteiger partial charge in [0, 0.05) is 23.2 Å². The van der Waals surface area contributed by atoms with Crippen LogP contribution in [0.25, 0.3) is 45.8 Å². The summed E-state index contributed by atoms with van der Waals surface area (Å²) in [5.41, 5.74) is 4.18. The zero-order valence-electron chi connectivity index (χ0n) is 16.4. The van der Waals surface area contributed by atoms with Crippen LogP contribution in [0, 0.1) is 0 Å². The first-order chi connectivity index (χ1) is 14.8. The molecule has 2 aromatic heterocycles. The summed E-state index contributed by atoms with van der Waals surface area (Å²) < 4.78 is 0. The van der Waals surface area contributed by atoms with Crippen molar-refractivity contribution >= 4 is 45.8 Å². The number of hydrogen-bond acceptors (Lipinski definition) is 2. The Morgan fingerprint density at radius 1 is 0.433 bits per heavy atom. The van der Waals surface area contributed by atoms with E-state index in [1.165, 1.54) is 10.8 Å². The molecule has 0 saturated heterocycles. The molecule has 2 heteroatoms. The SMILES string of the molecule is C(=Cc1ccccc1C=Cc1cc2ccccc2cn1)c1cc2ccccc2cn1. The Hall–Kier alpha value is -4.04. The molecule has 5 rings (SSSR count). The van der Waals surface area contributed by atoms with Gasteiger partial charge in [0.25, 0.3) is 0 Å². The van der Waals surface area contributed by atoms with E-state index in [4.69, 9.17) is 0 Å².